The van der Waals surface area contributed by atoms with Crippen molar-refractivity contribution >= 4 is 11.6 Å². The van der Waals surface area contributed by atoms with E-state index in [0.717, 1.165) is 25.3 Å². The van der Waals surface area contributed by atoms with Crippen LogP contribution < -0.4 is 10.1 Å². The molecule has 0 aliphatic carbocycles. The summed E-state index contributed by atoms with van der Waals surface area (Å²) < 4.78 is 5.96. The van der Waals surface area contributed by atoms with Gasteiger partial charge in [-0.25, -0.2) is 0 Å². The maximum absolute atomic E-state index is 6.31. The molecule has 1 saturated heterocycles. The number of hydrogen-bond acceptors (Lipinski definition) is 2. The van der Waals surface area contributed by atoms with E-state index in [4.69, 9.17) is 16.3 Å². The summed E-state index contributed by atoms with van der Waals surface area (Å²) in [6.45, 7) is 8.56. The maximum atomic E-state index is 6.31. The largest absolute Gasteiger partial charge is 0.488 e. The third-order valence-electron chi connectivity index (χ3n) is 3.34. The Morgan fingerprint density at radius 3 is 2.67 bits per heavy atom. The second kappa shape index (κ2) is 5.50. The van der Waals surface area contributed by atoms with Crippen LogP contribution >= 0.6 is 11.6 Å². The van der Waals surface area contributed by atoms with Crippen molar-refractivity contribution in [1.82, 2.24) is 5.32 Å². The van der Waals surface area contributed by atoms with E-state index in [1.807, 2.05) is 12.1 Å². The standard InChI is InChI=1S/C15H22ClNO/c1-15(2,3)11-6-7-14(13(16)9-11)18-12-5-4-8-17-10-12/h6-7,9,12,17H,4-5,8,10H2,1-3H3/t12-/m0/s1. The number of hydrogen-bond donors (Lipinski definition) is 1. The Balaban J connectivity index is 2.09. The van der Waals surface area contributed by atoms with Crippen LogP contribution in [0, 0.1) is 0 Å². The van der Waals surface area contributed by atoms with Crippen molar-refractivity contribution in [2.75, 3.05) is 13.1 Å². The molecule has 0 bridgehead atoms. The molecule has 1 fully saturated rings. The Morgan fingerprint density at radius 1 is 1.33 bits per heavy atom. The highest BCUT2D eigenvalue weighted by molar-refractivity contribution is 6.32. The molecule has 0 saturated carbocycles. The highest BCUT2D eigenvalue weighted by atomic mass is 35.5. The van der Waals surface area contributed by atoms with Crippen LogP contribution in [0.25, 0.3) is 0 Å². The van der Waals surface area contributed by atoms with Crippen molar-refractivity contribution < 1.29 is 4.74 Å². The van der Waals surface area contributed by atoms with Crippen molar-refractivity contribution in [3.05, 3.63) is 28.8 Å². The summed E-state index contributed by atoms with van der Waals surface area (Å²) in [5, 5.41) is 4.06. The lowest BCUT2D eigenvalue weighted by Crippen LogP contribution is -2.37. The van der Waals surface area contributed by atoms with Gasteiger partial charge in [-0.1, -0.05) is 38.4 Å². The fraction of sp³-hybridized carbons (Fsp3) is 0.600. The molecule has 1 atom stereocenters. The van der Waals surface area contributed by atoms with E-state index in [1.165, 1.54) is 12.0 Å². The normalized spacial score (nSPS) is 20.8. The van der Waals surface area contributed by atoms with Crippen LogP contribution in [-0.4, -0.2) is 19.2 Å². The second-order valence-electron chi connectivity index (χ2n) is 5.98. The Morgan fingerprint density at radius 2 is 2.11 bits per heavy atom. The lowest BCUT2D eigenvalue weighted by atomic mass is 9.87. The molecule has 0 unspecified atom stereocenters. The lowest BCUT2D eigenvalue weighted by Gasteiger charge is -2.25. The van der Waals surface area contributed by atoms with Gasteiger partial charge in [0, 0.05) is 6.54 Å². The van der Waals surface area contributed by atoms with E-state index in [0.29, 0.717) is 5.02 Å². The summed E-state index contributed by atoms with van der Waals surface area (Å²) in [6.07, 6.45) is 2.52. The number of piperidine rings is 1. The van der Waals surface area contributed by atoms with Gasteiger partial charge in [0.1, 0.15) is 11.9 Å². The van der Waals surface area contributed by atoms with Crippen molar-refractivity contribution in [3.63, 3.8) is 0 Å². The SMILES string of the molecule is CC(C)(C)c1ccc(O[C@H]2CCCNC2)c(Cl)c1. The summed E-state index contributed by atoms with van der Waals surface area (Å²) >= 11 is 6.31. The molecular weight excluding hydrogens is 246 g/mol. The molecule has 1 aliphatic heterocycles. The summed E-state index contributed by atoms with van der Waals surface area (Å²) in [7, 11) is 0. The lowest BCUT2D eigenvalue weighted by molar-refractivity contribution is 0.167. The molecule has 1 aliphatic rings. The van der Waals surface area contributed by atoms with Crippen LogP contribution in [0.4, 0.5) is 0 Å². The van der Waals surface area contributed by atoms with Crippen molar-refractivity contribution in [2.45, 2.75) is 45.1 Å². The minimum absolute atomic E-state index is 0.120. The average molecular weight is 268 g/mol. The summed E-state index contributed by atoms with van der Waals surface area (Å²) in [5.74, 6) is 0.804. The van der Waals surface area contributed by atoms with E-state index < -0.39 is 0 Å². The fourth-order valence-corrected chi connectivity index (χ4v) is 2.39. The van der Waals surface area contributed by atoms with Gasteiger partial charge in [0.25, 0.3) is 0 Å². The molecule has 0 spiro atoms. The average Bonchev–Trinajstić information content (AvgIpc) is 2.32. The summed E-state index contributed by atoms with van der Waals surface area (Å²) in [4.78, 5) is 0. The summed E-state index contributed by atoms with van der Waals surface area (Å²) in [5.41, 5.74) is 1.36. The third kappa shape index (κ3) is 3.39. The number of rotatable bonds is 2. The number of halogens is 1. The van der Waals surface area contributed by atoms with Gasteiger partial charge in [-0.2, -0.15) is 0 Å². The molecule has 1 N–H and O–H groups in total. The summed E-state index contributed by atoms with van der Waals surface area (Å²) in [6, 6.07) is 6.13. The van der Waals surface area contributed by atoms with E-state index >= 15 is 0 Å². The molecule has 1 aromatic carbocycles. The first kappa shape index (κ1) is 13.7. The van der Waals surface area contributed by atoms with Gasteiger partial charge >= 0.3 is 0 Å². The monoisotopic (exact) mass is 267 g/mol. The van der Waals surface area contributed by atoms with Gasteiger partial charge in [-0.15, -0.1) is 0 Å². The molecule has 3 heteroatoms. The van der Waals surface area contributed by atoms with Gasteiger partial charge in [0.05, 0.1) is 5.02 Å². The van der Waals surface area contributed by atoms with E-state index in [1.54, 1.807) is 0 Å². The van der Waals surface area contributed by atoms with Crippen molar-refractivity contribution in [2.24, 2.45) is 0 Å². The van der Waals surface area contributed by atoms with E-state index in [-0.39, 0.29) is 11.5 Å². The van der Waals surface area contributed by atoms with Gasteiger partial charge in [0.15, 0.2) is 0 Å². The Kier molecular flexibility index (Phi) is 4.18. The van der Waals surface area contributed by atoms with Crippen LogP contribution in [-0.2, 0) is 5.41 Å². The zero-order valence-corrected chi connectivity index (χ0v) is 12.2. The molecule has 18 heavy (non-hydrogen) atoms. The topological polar surface area (TPSA) is 21.3 Å². The predicted molar refractivity (Wildman–Crippen MR) is 76.7 cm³/mol. The third-order valence-corrected chi connectivity index (χ3v) is 3.64. The van der Waals surface area contributed by atoms with Crippen LogP contribution in [0.15, 0.2) is 18.2 Å². The van der Waals surface area contributed by atoms with Gasteiger partial charge in [-0.3, -0.25) is 0 Å². The van der Waals surface area contributed by atoms with E-state index in [9.17, 15) is 0 Å². The second-order valence-corrected chi connectivity index (χ2v) is 6.39. The molecule has 0 amide bonds. The molecular formula is C15H22ClNO. The molecule has 1 heterocycles. The molecule has 1 aromatic rings. The Hall–Kier alpha value is -0.730. The molecule has 100 valence electrons. The van der Waals surface area contributed by atoms with Gasteiger partial charge < -0.3 is 10.1 Å². The first-order chi connectivity index (χ1) is 8.47. The highest BCUT2D eigenvalue weighted by Gasteiger charge is 2.18. The van der Waals surface area contributed by atoms with Crippen LogP contribution in [0.2, 0.25) is 5.02 Å². The smallest absolute Gasteiger partial charge is 0.138 e. The van der Waals surface area contributed by atoms with Crippen molar-refractivity contribution in [1.29, 1.82) is 0 Å². The van der Waals surface area contributed by atoms with Crippen LogP contribution in [0.1, 0.15) is 39.2 Å². The first-order valence-electron chi connectivity index (χ1n) is 6.64. The Bertz CT molecular complexity index is 405. The molecule has 0 radical (unpaired) electrons. The first-order valence-corrected chi connectivity index (χ1v) is 7.02. The van der Waals surface area contributed by atoms with Gasteiger partial charge in [-0.05, 0) is 42.5 Å². The minimum Gasteiger partial charge on any atom is -0.488 e. The number of benzene rings is 1. The zero-order chi connectivity index (χ0) is 13.2. The fourth-order valence-electron chi connectivity index (χ4n) is 2.16. The quantitative estimate of drug-likeness (QED) is 0.881. The molecule has 0 aromatic heterocycles. The Labute approximate surface area is 115 Å². The van der Waals surface area contributed by atoms with E-state index in [2.05, 4.69) is 32.2 Å². The van der Waals surface area contributed by atoms with Crippen LogP contribution in [0.3, 0.4) is 0 Å². The number of ether oxygens (including phenoxy) is 1. The highest BCUT2D eigenvalue weighted by Crippen LogP contribution is 2.32. The predicted octanol–water partition coefficient (Wildman–Crippen LogP) is 3.77. The number of nitrogens with one attached hydrogen (secondary N) is 1. The zero-order valence-electron chi connectivity index (χ0n) is 11.4. The van der Waals surface area contributed by atoms with Gasteiger partial charge in [0.2, 0.25) is 0 Å². The molecule has 2 rings (SSSR count). The minimum atomic E-state index is 0.120. The molecule has 2 nitrogen and oxygen atoms in total. The maximum Gasteiger partial charge on any atom is 0.138 e. The van der Waals surface area contributed by atoms with Crippen LogP contribution in [0.5, 0.6) is 5.75 Å². The van der Waals surface area contributed by atoms with Crippen molar-refractivity contribution in [3.8, 4) is 5.75 Å².